The summed E-state index contributed by atoms with van der Waals surface area (Å²) in [5, 5.41) is 0. The third kappa shape index (κ3) is 1.44. The van der Waals surface area contributed by atoms with Crippen LogP contribution in [0.15, 0.2) is 12.2 Å². The zero-order valence-electron chi connectivity index (χ0n) is 6.34. The van der Waals surface area contributed by atoms with Gasteiger partial charge in [-0.2, -0.15) is 0 Å². The van der Waals surface area contributed by atoms with E-state index in [-0.39, 0.29) is 0 Å². The summed E-state index contributed by atoms with van der Waals surface area (Å²) in [6.07, 6.45) is 8.70. The van der Waals surface area contributed by atoms with Crippen LogP contribution in [-0.4, -0.2) is 9.65 Å². The van der Waals surface area contributed by atoms with Gasteiger partial charge in [0, 0.05) is 9.65 Å². The van der Waals surface area contributed by atoms with Gasteiger partial charge in [-0.3, -0.25) is 0 Å². The van der Waals surface area contributed by atoms with Crippen molar-refractivity contribution in [2.75, 3.05) is 0 Å². The zero-order chi connectivity index (χ0) is 7.84. The summed E-state index contributed by atoms with van der Waals surface area (Å²) >= 11 is 7.54. The second-order valence-corrected chi connectivity index (χ2v) is 5.76. The molecular formula is C9H12Br2. The Bertz CT molecular complexity index is 176. The van der Waals surface area contributed by atoms with Gasteiger partial charge in [0.15, 0.2) is 0 Å². The normalized spacial score (nSPS) is 49.3. The molecule has 1 saturated carbocycles. The van der Waals surface area contributed by atoms with Gasteiger partial charge in [-0.05, 0) is 31.1 Å². The lowest BCUT2D eigenvalue weighted by atomic mass is 10.0. The van der Waals surface area contributed by atoms with E-state index >= 15 is 0 Å². The number of hydrogen-bond donors (Lipinski definition) is 0. The van der Waals surface area contributed by atoms with Crippen molar-refractivity contribution < 1.29 is 0 Å². The molecule has 1 fully saturated rings. The van der Waals surface area contributed by atoms with Gasteiger partial charge < -0.3 is 0 Å². The minimum Gasteiger partial charge on any atom is -0.0884 e. The Morgan fingerprint density at radius 2 is 2.00 bits per heavy atom. The molecule has 0 radical (unpaired) electrons. The topological polar surface area (TPSA) is 0 Å². The van der Waals surface area contributed by atoms with Gasteiger partial charge >= 0.3 is 0 Å². The summed E-state index contributed by atoms with van der Waals surface area (Å²) in [5.74, 6) is 1.66. The quantitative estimate of drug-likeness (QED) is 0.470. The van der Waals surface area contributed by atoms with Gasteiger partial charge in [0.1, 0.15) is 0 Å². The standard InChI is InChI=1S/C9H12Br2/c10-8-3-1-2-6-4-5-7(8)9(6)11/h1-2,6-9H,3-5H2/t6-,7-,8-,9?/m1/s1. The number of rotatable bonds is 0. The first-order valence-electron chi connectivity index (χ1n) is 4.24. The van der Waals surface area contributed by atoms with Crippen molar-refractivity contribution in [3.05, 3.63) is 12.2 Å². The molecule has 4 atom stereocenters. The summed E-state index contributed by atoms with van der Waals surface area (Å²) in [7, 11) is 0. The molecule has 2 aliphatic carbocycles. The Morgan fingerprint density at radius 1 is 1.18 bits per heavy atom. The van der Waals surface area contributed by atoms with Gasteiger partial charge in [-0.1, -0.05) is 44.0 Å². The maximum Gasteiger partial charge on any atom is 0.0247 e. The molecule has 0 aromatic rings. The first kappa shape index (κ1) is 8.31. The fourth-order valence-corrected chi connectivity index (χ4v) is 4.45. The Morgan fingerprint density at radius 3 is 2.82 bits per heavy atom. The van der Waals surface area contributed by atoms with E-state index < -0.39 is 0 Å². The third-order valence-corrected chi connectivity index (χ3v) is 5.27. The van der Waals surface area contributed by atoms with Gasteiger partial charge in [0.2, 0.25) is 0 Å². The molecule has 0 aromatic carbocycles. The minimum absolute atomic E-state index is 0.704. The van der Waals surface area contributed by atoms with Crippen LogP contribution in [0.2, 0.25) is 0 Å². The molecule has 2 rings (SSSR count). The van der Waals surface area contributed by atoms with Crippen molar-refractivity contribution in [1.82, 2.24) is 0 Å². The monoisotopic (exact) mass is 278 g/mol. The lowest BCUT2D eigenvalue weighted by Crippen LogP contribution is -2.19. The molecule has 0 heterocycles. The van der Waals surface area contributed by atoms with Crippen LogP contribution in [0.3, 0.4) is 0 Å². The lowest BCUT2D eigenvalue weighted by molar-refractivity contribution is 0.544. The summed E-state index contributed by atoms with van der Waals surface area (Å²) in [4.78, 5) is 1.43. The second-order valence-electron chi connectivity index (χ2n) is 3.53. The lowest BCUT2D eigenvalue weighted by Gasteiger charge is -2.18. The summed E-state index contributed by atoms with van der Waals surface area (Å²) < 4.78 is 0. The Balaban J connectivity index is 2.21. The first-order chi connectivity index (χ1) is 5.29. The largest absolute Gasteiger partial charge is 0.0884 e. The van der Waals surface area contributed by atoms with Crippen LogP contribution in [0.25, 0.3) is 0 Å². The molecule has 0 aromatic heterocycles. The smallest absolute Gasteiger partial charge is 0.0247 e. The Kier molecular flexibility index (Phi) is 2.43. The molecule has 0 N–H and O–H groups in total. The van der Waals surface area contributed by atoms with E-state index in [1.165, 1.54) is 19.3 Å². The van der Waals surface area contributed by atoms with Crippen molar-refractivity contribution in [2.24, 2.45) is 11.8 Å². The van der Waals surface area contributed by atoms with Crippen LogP contribution >= 0.6 is 31.9 Å². The van der Waals surface area contributed by atoms with E-state index in [0.717, 1.165) is 16.7 Å². The highest BCUT2D eigenvalue weighted by Crippen LogP contribution is 2.44. The van der Waals surface area contributed by atoms with Gasteiger partial charge in [-0.25, -0.2) is 0 Å². The molecule has 0 amide bonds. The molecule has 2 aliphatic rings. The minimum atomic E-state index is 0.704. The number of fused-ring (bicyclic) bond motifs is 2. The van der Waals surface area contributed by atoms with E-state index in [0.29, 0.717) is 4.83 Å². The number of allylic oxidation sites excluding steroid dienone is 2. The van der Waals surface area contributed by atoms with Gasteiger partial charge in [-0.15, -0.1) is 0 Å². The van der Waals surface area contributed by atoms with Crippen molar-refractivity contribution in [3.8, 4) is 0 Å². The molecule has 2 bridgehead atoms. The number of alkyl halides is 2. The van der Waals surface area contributed by atoms with Crippen molar-refractivity contribution >= 4 is 31.9 Å². The highest BCUT2D eigenvalue weighted by atomic mass is 79.9. The molecule has 0 spiro atoms. The first-order valence-corrected chi connectivity index (χ1v) is 6.07. The van der Waals surface area contributed by atoms with Crippen LogP contribution in [0, 0.1) is 11.8 Å². The van der Waals surface area contributed by atoms with E-state index in [4.69, 9.17) is 0 Å². The molecule has 11 heavy (non-hydrogen) atoms. The van der Waals surface area contributed by atoms with E-state index in [1.807, 2.05) is 0 Å². The zero-order valence-corrected chi connectivity index (χ0v) is 9.51. The Hall–Kier alpha value is 0.700. The molecule has 62 valence electrons. The summed E-state index contributed by atoms with van der Waals surface area (Å²) in [6, 6.07) is 0. The van der Waals surface area contributed by atoms with Crippen molar-refractivity contribution in [2.45, 2.75) is 28.9 Å². The SMILES string of the molecule is BrC1[C@@H]2C=CC[C@@H](Br)[C@H]1CC2. The van der Waals surface area contributed by atoms with E-state index in [2.05, 4.69) is 44.0 Å². The maximum atomic E-state index is 3.79. The molecule has 1 unspecified atom stereocenters. The average molecular weight is 280 g/mol. The fraction of sp³-hybridized carbons (Fsp3) is 0.778. The van der Waals surface area contributed by atoms with E-state index in [1.54, 1.807) is 0 Å². The van der Waals surface area contributed by atoms with Crippen LogP contribution in [0.1, 0.15) is 19.3 Å². The predicted octanol–water partition coefficient (Wildman–Crippen LogP) is 3.50. The number of hydrogen-bond acceptors (Lipinski definition) is 0. The fourth-order valence-electron chi connectivity index (χ4n) is 2.16. The molecule has 0 nitrogen and oxygen atoms in total. The van der Waals surface area contributed by atoms with Crippen LogP contribution in [0.4, 0.5) is 0 Å². The average Bonchev–Trinajstić information content (AvgIpc) is 2.23. The van der Waals surface area contributed by atoms with Crippen molar-refractivity contribution in [1.29, 1.82) is 0 Å². The summed E-state index contributed by atoms with van der Waals surface area (Å²) in [5.41, 5.74) is 0. The third-order valence-electron chi connectivity index (χ3n) is 2.86. The van der Waals surface area contributed by atoms with Crippen molar-refractivity contribution in [3.63, 3.8) is 0 Å². The number of halogens is 2. The van der Waals surface area contributed by atoms with E-state index in [9.17, 15) is 0 Å². The highest BCUT2D eigenvalue weighted by molar-refractivity contribution is 9.10. The highest BCUT2D eigenvalue weighted by Gasteiger charge is 2.37. The van der Waals surface area contributed by atoms with Crippen LogP contribution in [-0.2, 0) is 0 Å². The molecule has 0 saturated heterocycles. The predicted molar refractivity (Wildman–Crippen MR) is 55.4 cm³/mol. The van der Waals surface area contributed by atoms with Gasteiger partial charge in [0.05, 0.1) is 0 Å². The van der Waals surface area contributed by atoms with Crippen LogP contribution < -0.4 is 0 Å². The molecule has 2 heteroatoms. The van der Waals surface area contributed by atoms with Gasteiger partial charge in [0.25, 0.3) is 0 Å². The Labute approximate surface area is 84.7 Å². The maximum absolute atomic E-state index is 3.79. The molecule has 0 aliphatic heterocycles. The summed E-state index contributed by atoms with van der Waals surface area (Å²) in [6.45, 7) is 0. The second kappa shape index (κ2) is 3.21. The van der Waals surface area contributed by atoms with Crippen LogP contribution in [0.5, 0.6) is 0 Å². The molecular weight excluding hydrogens is 268 g/mol.